The molecule has 1 N–H and O–H groups in total. The first-order valence-electron chi connectivity index (χ1n) is 2.43. The maximum absolute atomic E-state index is 9.82. The molecule has 0 unspecified atom stereocenters. The third-order valence-electron chi connectivity index (χ3n) is 0.692. The van der Waals surface area contributed by atoms with Gasteiger partial charge in [0.25, 0.3) is 0 Å². The minimum absolute atomic E-state index is 0.200. The van der Waals surface area contributed by atoms with Crippen LogP contribution in [0.25, 0.3) is 0 Å². The van der Waals surface area contributed by atoms with Gasteiger partial charge in [-0.05, 0) is 13.3 Å². The van der Waals surface area contributed by atoms with Crippen LogP contribution in [0.3, 0.4) is 0 Å². The number of allylic oxidation sites excluding steroid dienone is 2. The maximum atomic E-state index is 9.82. The summed E-state index contributed by atoms with van der Waals surface area (Å²) in [5.41, 5.74) is 0. The van der Waals surface area contributed by atoms with Gasteiger partial charge < -0.3 is 5.11 Å². The quantitative estimate of drug-likeness (QED) is 0.597. The molecule has 2 nitrogen and oxygen atoms in total. The van der Waals surface area contributed by atoms with Crippen molar-refractivity contribution in [3.05, 3.63) is 19.1 Å². The fourth-order valence-corrected chi connectivity index (χ4v) is 0.325. The first-order chi connectivity index (χ1) is 3.77. The van der Waals surface area contributed by atoms with Gasteiger partial charge in [0.1, 0.15) is 0 Å². The van der Waals surface area contributed by atoms with E-state index >= 15 is 0 Å². The zero-order chi connectivity index (χ0) is 6.41. The van der Waals surface area contributed by atoms with Crippen LogP contribution in [0.15, 0.2) is 12.2 Å². The topological polar surface area (TPSA) is 37.3 Å². The van der Waals surface area contributed by atoms with Crippen LogP contribution in [0.4, 0.5) is 0 Å². The molecule has 0 aliphatic carbocycles. The first kappa shape index (κ1) is 7.21. The second kappa shape index (κ2) is 4.37. The van der Waals surface area contributed by atoms with Gasteiger partial charge in [0.05, 0.1) is 0 Å². The summed E-state index contributed by atoms with van der Waals surface area (Å²) in [6.07, 6.45) is 4.11. The molecule has 2 heteroatoms. The molecule has 45 valence electrons. The lowest BCUT2D eigenvalue weighted by molar-refractivity contribution is -0.136. The number of hydrogen-bond donors (Lipinski definition) is 1. The zero-order valence-corrected chi connectivity index (χ0v) is 4.63. The standard InChI is InChI=1S/C6H9O2/c1-2-3-4-5-6(7)8/h2-3H,1,4-5H2,(H,7,8)/b3-2+. The smallest absolute Gasteiger partial charge is 0.303 e. The van der Waals surface area contributed by atoms with E-state index in [0.717, 1.165) is 0 Å². The fourth-order valence-electron chi connectivity index (χ4n) is 0.325. The minimum atomic E-state index is -0.761. The van der Waals surface area contributed by atoms with Crippen molar-refractivity contribution in [2.45, 2.75) is 12.8 Å². The summed E-state index contributed by atoms with van der Waals surface area (Å²) in [7, 11) is 0. The lowest BCUT2D eigenvalue weighted by Gasteiger charge is -1.83. The molecule has 0 bridgehead atoms. The SMILES string of the molecule is [CH2]/C=C/CCC(=O)O. The van der Waals surface area contributed by atoms with Crippen LogP contribution < -0.4 is 0 Å². The van der Waals surface area contributed by atoms with Gasteiger partial charge in [-0.2, -0.15) is 0 Å². The van der Waals surface area contributed by atoms with E-state index in [9.17, 15) is 4.79 Å². The highest BCUT2D eigenvalue weighted by atomic mass is 16.4. The predicted molar refractivity (Wildman–Crippen MR) is 31.4 cm³/mol. The Morgan fingerprint density at radius 1 is 1.75 bits per heavy atom. The van der Waals surface area contributed by atoms with Crippen LogP contribution in [0.5, 0.6) is 0 Å². The molecule has 0 spiro atoms. The molecule has 0 aliphatic heterocycles. The number of rotatable bonds is 3. The monoisotopic (exact) mass is 113 g/mol. The maximum Gasteiger partial charge on any atom is 0.303 e. The molecule has 0 atom stereocenters. The third-order valence-corrected chi connectivity index (χ3v) is 0.692. The van der Waals surface area contributed by atoms with Crippen LogP contribution in [0.1, 0.15) is 12.8 Å². The van der Waals surface area contributed by atoms with Gasteiger partial charge in [-0.25, -0.2) is 0 Å². The predicted octanol–water partition coefficient (Wildman–Crippen LogP) is 1.24. The molecule has 0 aromatic rings. The molecule has 8 heavy (non-hydrogen) atoms. The highest BCUT2D eigenvalue weighted by molar-refractivity contribution is 5.66. The fraction of sp³-hybridized carbons (Fsp3) is 0.333. The van der Waals surface area contributed by atoms with Crippen molar-refractivity contribution in [1.29, 1.82) is 0 Å². The Hall–Kier alpha value is -0.790. The first-order valence-corrected chi connectivity index (χ1v) is 2.43. The normalized spacial score (nSPS) is 10.1. The second-order valence-corrected chi connectivity index (χ2v) is 1.40. The Kier molecular flexibility index (Phi) is 3.94. The molecule has 1 radical (unpaired) electrons. The molecule has 0 saturated carbocycles. The van der Waals surface area contributed by atoms with Crippen LogP contribution in [-0.4, -0.2) is 11.1 Å². The van der Waals surface area contributed by atoms with E-state index < -0.39 is 5.97 Å². The Morgan fingerprint density at radius 3 is 2.75 bits per heavy atom. The van der Waals surface area contributed by atoms with Gasteiger partial charge in [0, 0.05) is 6.42 Å². The van der Waals surface area contributed by atoms with Crippen molar-refractivity contribution in [3.63, 3.8) is 0 Å². The van der Waals surface area contributed by atoms with Crippen molar-refractivity contribution < 1.29 is 9.90 Å². The molecule has 0 amide bonds. The summed E-state index contributed by atoms with van der Waals surface area (Å²) < 4.78 is 0. The van der Waals surface area contributed by atoms with Gasteiger partial charge in [-0.15, -0.1) is 0 Å². The van der Waals surface area contributed by atoms with E-state index in [2.05, 4.69) is 6.92 Å². The Morgan fingerprint density at radius 2 is 2.38 bits per heavy atom. The van der Waals surface area contributed by atoms with Gasteiger partial charge in [0.2, 0.25) is 0 Å². The highest BCUT2D eigenvalue weighted by Crippen LogP contribution is 1.88. The molecule has 0 heterocycles. The molecule has 0 rings (SSSR count). The molecular weight excluding hydrogens is 104 g/mol. The lowest BCUT2D eigenvalue weighted by Crippen LogP contribution is -1.91. The average Bonchev–Trinajstić information content (AvgIpc) is 1.66. The van der Waals surface area contributed by atoms with Gasteiger partial charge >= 0.3 is 5.97 Å². The third kappa shape index (κ3) is 5.21. The largest absolute Gasteiger partial charge is 0.481 e. The van der Waals surface area contributed by atoms with Gasteiger partial charge in [-0.1, -0.05) is 12.2 Å². The molecular formula is C6H9O2. The molecule has 0 aromatic carbocycles. The summed E-state index contributed by atoms with van der Waals surface area (Å²) in [6, 6.07) is 0. The summed E-state index contributed by atoms with van der Waals surface area (Å²) in [4.78, 5) is 9.82. The number of carbonyl (C=O) groups is 1. The minimum Gasteiger partial charge on any atom is -0.481 e. The van der Waals surface area contributed by atoms with Crippen LogP contribution in [0, 0.1) is 6.92 Å². The second-order valence-electron chi connectivity index (χ2n) is 1.40. The number of carboxylic acids is 1. The summed E-state index contributed by atoms with van der Waals surface area (Å²) in [6.45, 7) is 3.41. The van der Waals surface area contributed by atoms with E-state index in [1.54, 1.807) is 12.2 Å². The van der Waals surface area contributed by atoms with Crippen LogP contribution in [0.2, 0.25) is 0 Å². The Bertz CT molecular complexity index is 94.7. The lowest BCUT2D eigenvalue weighted by atomic mass is 10.3. The van der Waals surface area contributed by atoms with E-state index in [0.29, 0.717) is 6.42 Å². The summed E-state index contributed by atoms with van der Waals surface area (Å²) >= 11 is 0. The van der Waals surface area contributed by atoms with E-state index in [1.165, 1.54) is 0 Å². The van der Waals surface area contributed by atoms with E-state index in [4.69, 9.17) is 5.11 Å². The van der Waals surface area contributed by atoms with Crippen molar-refractivity contribution >= 4 is 5.97 Å². The summed E-state index contributed by atoms with van der Waals surface area (Å²) in [5.74, 6) is -0.761. The van der Waals surface area contributed by atoms with Gasteiger partial charge in [0.15, 0.2) is 0 Å². The highest BCUT2D eigenvalue weighted by Gasteiger charge is 1.89. The average molecular weight is 113 g/mol. The number of aliphatic carboxylic acids is 1. The van der Waals surface area contributed by atoms with Crippen molar-refractivity contribution in [1.82, 2.24) is 0 Å². The van der Waals surface area contributed by atoms with Crippen LogP contribution >= 0.6 is 0 Å². The number of hydrogen-bond acceptors (Lipinski definition) is 1. The number of carboxylic acid groups (broad SMARTS) is 1. The van der Waals surface area contributed by atoms with E-state index in [1.807, 2.05) is 0 Å². The Balaban J connectivity index is 3.05. The molecule has 0 saturated heterocycles. The molecule has 0 aliphatic rings. The van der Waals surface area contributed by atoms with Gasteiger partial charge in [-0.3, -0.25) is 4.79 Å². The molecule has 0 aromatic heterocycles. The summed E-state index contributed by atoms with van der Waals surface area (Å²) in [5, 5.41) is 8.09. The molecule has 0 fully saturated rings. The Labute approximate surface area is 48.8 Å². The zero-order valence-electron chi connectivity index (χ0n) is 4.63. The van der Waals surface area contributed by atoms with Crippen molar-refractivity contribution in [2.24, 2.45) is 0 Å². The van der Waals surface area contributed by atoms with Crippen LogP contribution in [-0.2, 0) is 4.79 Å². The van der Waals surface area contributed by atoms with Crippen molar-refractivity contribution in [3.8, 4) is 0 Å². The van der Waals surface area contributed by atoms with E-state index in [-0.39, 0.29) is 6.42 Å². The van der Waals surface area contributed by atoms with Crippen molar-refractivity contribution in [2.75, 3.05) is 0 Å².